The van der Waals surface area contributed by atoms with E-state index in [9.17, 15) is 4.79 Å². The fourth-order valence-corrected chi connectivity index (χ4v) is 2.27. The van der Waals surface area contributed by atoms with Crippen LogP contribution in [0.1, 0.15) is 23.3 Å². The zero-order valence-corrected chi connectivity index (χ0v) is 12.9. The molecule has 1 saturated carbocycles. The van der Waals surface area contributed by atoms with Crippen LogP contribution in [0.4, 0.5) is 11.4 Å². The number of hydrogen-bond acceptors (Lipinski definition) is 4. The van der Waals surface area contributed by atoms with Crippen molar-refractivity contribution in [3.05, 3.63) is 47.2 Å². The van der Waals surface area contributed by atoms with E-state index >= 15 is 0 Å². The van der Waals surface area contributed by atoms with Crippen molar-refractivity contribution in [1.82, 2.24) is 4.98 Å². The number of ether oxygens (including phenoxy) is 1. The quantitative estimate of drug-likeness (QED) is 0.885. The van der Waals surface area contributed by atoms with Gasteiger partial charge in [0.25, 0.3) is 5.91 Å². The second kappa shape index (κ2) is 6.23. The lowest BCUT2D eigenvalue weighted by molar-refractivity contribution is 0.102. The Hall–Kier alpha value is -2.27. The molecule has 0 atom stereocenters. The molecule has 114 valence electrons. The number of benzene rings is 1. The zero-order chi connectivity index (χ0) is 15.5. The van der Waals surface area contributed by atoms with Gasteiger partial charge >= 0.3 is 0 Å². The van der Waals surface area contributed by atoms with Gasteiger partial charge in [-0.1, -0.05) is 11.6 Å². The Morgan fingerprint density at radius 3 is 2.64 bits per heavy atom. The summed E-state index contributed by atoms with van der Waals surface area (Å²) in [4.78, 5) is 16.3. The third-order valence-corrected chi connectivity index (χ3v) is 3.65. The number of carbonyl (C=O) groups is 1. The number of halogens is 1. The molecule has 1 aliphatic rings. The monoisotopic (exact) mass is 317 g/mol. The summed E-state index contributed by atoms with van der Waals surface area (Å²) >= 11 is 6.03. The van der Waals surface area contributed by atoms with Gasteiger partial charge in [0.15, 0.2) is 0 Å². The van der Waals surface area contributed by atoms with Gasteiger partial charge in [0.2, 0.25) is 0 Å². The van der Waals surface area contributed by atoms with Crippen molar-refractivity contribution in [2.24, 2.45) is 0 Å². The van der Waals surface area contributed by atoms with Crippen LogP contribution in [-0.4, -0.2) is 24.0 Å². The van der Waals surface area contributed by atoms with Crippen LogP contribution in [0, 0.1) is 0 Å². The van der Waals surface area contributed by atoms with Crippen molar-refractivity contribution >= 4 is 28.9 Å². The summed E-state index contributed by atoms with van der Waals surface area (Å²) in [5.74, 6) is 0.285. The summed E-state index contributed by atoms with van der Waals surface area (Å²) in [6, 6.07) is 9.19. The minimum atomic E-state index is -0.279. The molecule has 1 heterocycles. The molecule has 6 heteroatoms. The molecular weight excluding hydrogens is 302 g/mol. The van der Waals surface area contributed by atoms with E-state index in [1.807, 2.05) is 6.07 Å². The van der Waals surface area contributed by atoms with Crippen molar-refractivity contribution in [3.8, 4) is 5.75 Å². The van der Waals surface area contributed by atoms with Crippen LogP contribution in [0.2, 0.25) is 5.02 Å². The number of amides is 1. The third-order valence-electron chi connectivity index (χ3n) is 3.35. The fourth-order valence-electron chi connectivity index (χ4n) is 2.02. The van der Waals surface area contributed by atoms with E-state index in [-0.39, 0.29) is 5.91 Å². The average molecular weight is 318 g/mol. The standard InChI is InChI=1S/C16H16ClN3O2/c1-22-15-7-5-11(8-13(15)17)20-16(21)14-6-4-12(9-18-14)19-10-2-3-10/h4-10,19H,2-3H2,1H3,(H,20,21). The van der Waals surface area contributed by atoms with Gasteiger partial charge in [0, 0.05) is 11.7 Å². The van der Waals surface area contributed by atoms with Crippen LogP contribution in [-0.2, 0) is 0 Å². The van der Waals surface area contributed by atoms with Gasteiger partial charge in [0.1, 0.15) is 11.4 Å². The largest absolute Gasteiger partial charge is 0.495 e. The first-order chi connectivity index (χ1) is 10.7. The Labute approximate surface area is 133 Å². The Balaban J connectivity index is 1.66. The van der Waals surface area contributed by atoms with Gasteiger partial charge in [0.05, 0.1) is 24.0 Å². The first-order valence-electron chi connectivity index (χ1n) is 7.03. The molecule has 0 saturated heterocycles. The predicted octanol–water partition coefficient (Wildman–Crippen LogP) is 3.57. The molecule has 0 radical (unpaired) electrons. The van der Waals surface area contributed by atoms with E-state index in [0.717, 1.165) is 5.69 Å². The maximum absolute atomic E-state index is 12.2. The summed E-state index contributed by atoms with van der Waals surface area (Å²) in [6.07, 6.45) is 4.06. The van der Waals surface area contributed by atoms with E-state index < -0.39 is 0 Å². The van der Waals surface area contributed by atoms with Crippen LogP contribution in [0.25, 0.3) is 0 Å². The number of aromatic nitrogens is 1. The Morgan fingerprint density at radius 2 is 2.05 bits per heavy atom. The molecule has 0 unspecified atom stereocenters. The SMILES string of the molecule is COc1ccc(NC(=O)c2ccc(NC3CC3)cn2)cc1Cl. The maximum atomic E-state index is 12.2. The van der Waals surface area contributed by atoms with Crippen LogP contribution in [0.5, 0.6) is 5.75 Å². The van der Waals surface area contributed by atoms with Crippen molar-refractivity contribution in [2.75, 3.05) is 17.7 Å². The van der Waals surface area contributed by atoms with Gasteiger partial charge in [-0.2, -0.15) is 0 Å². The maximum Gasteiger partial charge on any atom is 0.274 e. The molecule has 0 spiro atoms. The zero-order valence-electron chi connectivity index (χ0n) is 12.1. The second-order valence-electron chi connectivity index (χ2n) is 5.15. The van der Waals surface area contributed by atoms with Crippen molar-refractivity contribution in [1.29, 1.82) is 0 Å². The molecule has 3 rings (SSSR count). The van der Waals surface area contributed by atoms with E-state index in [1.165, 1.54) is 12.8 Å². The highest BCUT2D eigenvalue weighted by molar-refractivity contribution is 6.32. The van der Waals surface area contributed by atoms with Crippen LogP contribution >= 0.6 is 11.6 Å². The molecular formula is C16H16ClN3O2. The number of nitrogens with zero attached hydrogens (tertiary/aromatic N) is 1. The van der Waals surface area contributed by atoms with E-state index in [2.05, 4.69) is 15.6 Å². The molecule has 2 N–H and O–H groups in total. The van der Waals surface area contributed by atoms with Gasteiger partial charge in [-0.05, 0) is 43.2 Å². The summed E-state index contributed by atoms with van der Waals surface area (Å²) < 4.78 is 5.08. The van der Waals surface area contributed by atoms with Gasteiger partial charge < -0.3 is 15.4 Å². The minimum absolute atomic E-state index is 0.279. The Morgan fingerprint density at radius 1 is 1.27 bits per heavy atom. The topological polar surface area (TPSA) is 63.2 Å². The smallest absolute Gasteiger partial charge is 0.274 e. The number of anilines is 2. The summed E-state index contributed by atoms with van der Waals surface area (Å²) in [7, 11) is 1.54. The Kier molecular flexibility index (Phi) is 4.15. The van der Waals surface area contributed by atoms with E-state index in [0.29, 0.717) is 28.2 Å². The average Bonchev–Trinajstić information content (AvgIpc) is 3.32. The molecule has 1 aromatic heterocycles. The highest BCUT2D eigenvalue weighted by Crippen LogP contribution is 2.27. The predicted molar refractivity (Wildman–Crippen MR) is 86.8 cm³/mol. The number of carbonyl (C=O) groups excluding carboxylic acids is 1. The second-order valence-corrected chi connectivity index (χ2v) is 5.56. The number of pyridine rings is 1. The van der Waals surface area contributed by atoms with Crippen molar-refractivity contribution < 1.29 is 9.53 Å². The number of nitrogens with one attached hydrogen (secondary N) is 2. The fraction of sp³-hybridized carbons (Fsp3) is 0.250. The lowest BCUT2D eigenvalue weighted by atomic mass is 10.2. The first kappa shape index (κ1) is 14.7. The van der Waals surface area contributed by atoms with Crippen molar-refractivity contribution in [3.63, 3.8) is 0 Å². The first-order valence-corrected chi connectivity index (χ1v) is 7.41. The lowest BCUT2D eigenvalue weighted by Crippen LogP contribution is -2.14. The van der Waals surface area contributed by atoms with E-state index in [1.54, 1.807) is 37.6 Å². The number of methoxy groups -OCH3 is 1. The van der Waals surface area contributed by atoms with Gasteiger partial charge in [-0.15, -0.1) is 0 Å². The minimum Gasteiger partial charge on any atom is -0.495 e. The number of rotatable bonds is 5. The van der Waals surface area contributed by atoms with Gasteiger partial charge in [-0.3, -0.25) is 4.79 Å². The molecule has 5 nitrogen and oxygen atoms in total. The van der Waals surface area contributed by atoms with Crippen LogP contribution in [0.3, 0.4) is 0 Å². The normalized spacial score (nSPS) is 13.5. The van der Waals surface area contributed by atoms with Crippen LogP contribution in [0.15, 0.2) is 36.5 Å². The molecule has 1 fully saturated rings. The Bertz CT molecular complexity index is 684. The lowest BCUT2D eigenvalue weighted by Gasteiger charge is -2.08. The molecule has 0 bridgehead atoms. The molecule has 0 aliphatic heterocycles. The van der Waals surface area contributed by atoms with E-state index in [4.69, 9.17) is 16.3 Å². The molecule has 1 amide bonds. The third kappa shape index (κ3) is 3.49. The van der Waals surface area contributed by atoms with Crippen LogP contribution < -0.4 is 15.4 Å². The molecule has 1 aromatic carbocycles. The summed E-state index contributed by atoms with van der Waals surface area (Å²) in [5.41, 5.74) is 1.89. The van der Waals surface area contributed by atoms with Gasteiger partial charge in [-0.25, -0.2) is 4.98 Å². The summed E-state index contributed by atoms with van der Waals surface area (Å²) in [6.45, 7) is 0. The van der Waals surface area contributed by atoms with Crippen molar-refractivity contribution in [2.45, 2.75) is 18.9 Å². The number of hydrogen-bond donors (Lipinski definition) is 2. The highest BCUT2D eigenvalue weighted by Gasteiger charge is 2.20. The highest BCUT2D eigenvalue weighted by atomic mass is 35.5. The molecule has 1 aliphatic carbocycles. The summed E-state index contributed by atoms with van der Waals surface area (Å²) in [5, 5.41) is 6.53. The molecule has 2 aromatic rings. The molecule has 22 heavy (non-hydrogen) atoms.